The van der Waals surface area contributed by atoms with Gasteiger partial charge in [-0.3, -0.25) is 0 Å². The summed E-state index contributed by atoms with van der Waals surface area (Å²) in [5, 5.41) is 5.85. The van der Waals surface area contributed by atoms with E-state index in [1.165, 1.54) is 34.3 Å². The molecule has 0 N–H and O–H groups in total. The van der Waals surface area contributed by atoms with Crippen molar-refractivity contribution in [1.82, 2.24) is 24.9 Å². The molecule has 0 aliphatic rings. The zero-order valence-electron chi connectivity index (χ0n) is 30.0. The van der Waals surface area contributed by atoms with Gasteiger partial charge < -0.3 is 0 Å². The fraction of sp³-hybridized carbons (Fsp3) is 0. The second-order valence-electron chi connectivity index (χ2n) is 14.0. The Bertz CT molecular complexity index is 3530. The van der Waals surface area contributed by atoms with Crippen molar-refractivity contribution in [2.45, 2.75) is 0 Å². The summed E-state index contributed by atoms with van der Waals surface area (Å²) in [7, 11) is 0. The molecule has 12 aromatic rings. The minimum atomic E-state index is 0.629. The molecule has 0 saturated carbocycles. The van der Waals surface area contributed by atoms with Gasteiger partial charge in [-0.1, -0.05) is 121 Å². The monoisotopic (exact) mass is 781 g/mol. The summed E-state index contributed by atoms with van der Waals surface area (Å²) in [6.07, 6.45) is 0. The van der Waals surface area contributed by atoms with Crippen LogP contribution in [-0.2, 0) is 0 Å². The maximum atomic E-state index is 5.36. The lowest BCUT2D eigenvalue weighted by molar-refractivity contribution is 1.08. The zero-order chi connectivity index (χ0) is 37.5. The smallest absolute Gasteiger partial charge is 0.165 e. The minimum absolute atomic E-state index is 0.629. The molecule has 7 aromatic carbocycles. The van der Waals surface area contributed by atoms with Crippen LogP contribution in [0.25, 0.3) is 117 Å². The Balaban J connectivity index is 1.08. The van der Waals surface area contributed by atoms with E-state index in [2.05, 4.69) is 140 Å². The van der Waals surface area contributed by atoms with E-state index in [4.69, 9.17) is 24.9 Å². The van der Waals surface area contributed by atoms with Crippen LogP contribution in [0.15, 0.2) is 164 Å². The first kappa shape index (κ1) is 32.5. The van der Waals surface area contributed by atoms with E-state index in [0.29, 0.717) is 23.3 Å². The van der Waals surface area contributed by atoms with Crippen LogP contribution < -0.4 is 0 Å². The molecule has 57 heavy (non-hydrogen) atoms. The van der Waals surface area contributed by atoms with Crippen molar-refractivity contribution >= 4 is 94.7 Å². The molecular weight excluding hydrogens is 755 g/mol. The standard InChI is InChI=1S/C49H27N5S3/c1-3-13-28(14-4-1)42-45-43(33-18-8-10-23-38(33)57-45)51-48(50-42)34-20-12-24-40-41(34)36-27-30(25-26-39(36)55-40)47-52-46(29-15-5-2-6-16-29)53-49(54-47)35-21-11-19-32-31-17-7-9-22-37(31)56-44(32)35/h1-27H. The van der Waals surface area contributed by atoms with Gasteiger partial charge >= 0.3 is 0 Å². The number of nitrogens with zero attached hydrogens (tertiary/aromatic N) is 5. The number of thiophene rings is 3. The van der Waals surface area contributed by atoms with Crippen LogP contribution in [-0.4, -0.2) is 24.9 Å². The quantitative estimate of drug-likeness (QED) is 0.174. The number of benzene rings is 7. The van der Waals surface area contributed by atoms with Crippen LogP contribution in [0, 0.1) is 0 Å². The highest BCUT2D eigenvalue weighted by Gasteiger charge is 2.21. The lowest BCUT2D eigenvalue weighted by atomic mass is 10.0. The molecule has 0 saturated heterocycles. The summed E-state index contributed by atoms with van der Waals surface area (Å²) in [6.45, 7) is 0. The van der Waals surface area contributed by atoms with E-state index in [1.54, 1.807) is 34.0 Å². The van der Waals surface area contributed by atoms with Crippen molar-refractivity contribution in [2.75, 3.05) is 0 Å². The third kappa shape index (κ3) is 5.29. The molecule has 0 spiro atoms. The second kappa shape index (κ2) is 12.9. The van der Waals surface area contributed by atoms with Crippen LogP contribution in [0.2, 0.25) is 0 Å². The molecular formula is C49H27N5S3. The highest BCUT2D eigenvalue weighted by Crippen LogP contribution is 2.44. The summed E-state index contributed by atoms with van der Waals surface area (Å²) in [5.41, 5.74) is 6.88. The number of rotatable bonds is 5. The molecule has 0 atom stereocenters. The highest BCUT2D eigenvalue weighted by molar-refractivity contribution is 7.27. The number of hydrogen-bond donors (Lipinski definition) is 0. The van der Waals surface area contributed by atoms with E-state index < -0.39 is 0 Å². The molecule has 0 aliphatic carbocycles. The molecule has 0 fully saturated rings. The molecule has 0 aliphatic heterocycles. The summed E-state index contributed by atoms with van der Waals surface area (Å²) < 4.78 is 7.08. The number of hydrogen-bond acceptors (Lipinski definition) is 8. The first-order chi connectivity index (χ1) is 28.2. The van der Waals surface area contributed by atoms with Crippen LogP contribution in [0.1, 0.15) is 0 Å². The predicted molar refractivity (Wildman–Crippen MR) is 241 cm³/mol. The van der Waals surface area contributed by atoms with Gasteiger partial charge in [-0.2, -0.15) is 0 Å². The summed E-state index contributed by atoms with van der Waals surface area (Å²) in [4.78, 5) is 26.2. The first-order valence-electron chi connectivity index (χ1n) is 18.7. The van der Waals surface area contributed by atoms with Gasteiger partial charge in [-0.15, -0.1) is 34.0 Å². The molecule has 0 unspecified atom stereocenters. The van der Waals surface area contributed by atoms with Crippen molar-refractivity contribution < 1.29 is 0 Å². The van der Waals surface area contributed by atoms with Gasteiger partial charge in [0.05, 0.1) is 15.9 Å². The molecule has 5 aromatic heterocycles. The highest BCUT2D eigenvalue weighted by atomic mass is 32.1. The average Bonchev–Trinajstić information content (AvgIpc) is 3.98. The topological polar surface area (TPSA) is 64.5 Å². The van der Waals surface area contributed by atoms with Crippen LogP contribution in [0.5, 0.6) is 0 Å². The maximum absolute atomic E-state index is 5.36. The zero-order valence-corrected chi connectivity index (χ0v) is 32.5. The van der Waals surface area contributed by atoms with E-state index in [0.717, 1.165) is 59.9 Å². The summed E-state index contributed by atoms with van der Waals surface area (Å²) in [5.74, 6) is 2.64. The Morgan fingerprint density at radius 3 is 1.72 bits per heavy atom. The fourth-order valence-electron chi connectivity index (χ4n) is 7.92. The molecule has 0 bridgehead atoms. The average molecular weight is 782 g/mol. The number of aromatic nitrogens is 5. The summed E-state index contributed by atoms with van der Waals surface area (Å²) in [6, 6.07) is 57.2. The van der Waals surface area contributed by atoms with E-state index >= 15 is 0 Å². The van der Waals surface area contributed by atoms with E-state index in [-0.39, 0.29) is 0 Å². The molecule has 8 heteroatoms. The van der Waals surface area contributed by atoms with Gasteiger partial charge in [-0.05, 0) is 42.5 Å². The normalized spacial score (nSPS) is 11.9. The van der Waals surface area contributed by atoms with Crippen molar-refractivity contribution in [1.29, 1.82) is 0 Å². The minimum Gasteiger partial charge on any atom is -0.226 e. The lowest BCUT2D eigenvalue weighted by Gasteiger charge is -2.10. The maximum Gasteiger partial charge on any atom is 0.165 e. The van der Waals surface area contributed by atoms with Gasteiger partial charge in [0.15, 0.2) is 23.3 Å². The van der Waals surface area contributed by atoms with Crippen LogP contribution >= 0.6 is 34.0 Å². The third-order valence-corrected chi connectivity index (χ3v) is 14.1. The fourth-order valence-corrected chi connectivity index (χ4v) is 11.4. The molecule has 5 heterocycles. The Kier molecular flexibility index (Phi) is 7.38. The third-order valence-electron chi connectivity index (χ3n) is 10.6. The largest absolute Gasteiger partial charge is 0.226 e. The van der Waals surface area contributed by atoms with Gasteiger partial charge in [0.25, 0.3) is 0 Å². The van der Waals surface area contributed by atoms with Crippen molar-refractivity contribution in [2.24, 2.45) is 0 Å². The van der Waals surface area contributed by atoms with Crippen molar-refractivity contribution in [3.63, 3.8) is 0 Å². The predicted octanol–water partition coefficient (Wildman–Crippen LogP) is 14.1. The van der Waals surface area contributed by atoms with Gasteiger partial charge in [0.1, 0.15) is 0 Å². The molecule has 0 amide bonds. The van der Waals surface area contributed by atoms with Gasteiger partial charge in [-0.25, -0.2) is 24.9 Å². The van der Waals surface area contributed by atoms with Gasteiger partial charge in [0, 0.05) is 78.2 Å². The SMILES string of the molecule is c1ccc(-c2nc(-c3ccc4sc5cccc(-c6nc(-c7ccccc7)c7sc8ccccc8c7n6)c5c4c3)nc(-c3cccc4c3sc3ccccc34)n2)cc1. The Labute approximate surface area is 338 Å². The van der Waals surface area contributed by atoms with E-state index in [9.17, 15) is 0 Å². The summed E-state index contributed by atoms with van der Waals surface area (Å²) >= 11 is 5.32. The second-order valence-corrected chi connectivity index (χ2v) is 17.2. The van der Waals surface area contributed by atoms with Crippen molar-refractivity contribution in [3.8, 4) is 56.8 Å². The van der Waals surface area contributed by atoms with Gasteiger partial charge in [0.2, 0.25) is 0 Å². The molecule has 0 radical (unpaired) electrons. The number of fused-ring (bicyclic) bond motifs is 9. The Morgan fingerprint density at radius 2 is 0.895 bits per heavy atom. The van der Waals surface area contributed by atoms with Crippen LogP contribution in [0.4, 0.5) is 0 Å². The Hall–Kier alpha value is -6.71. The molecule has 266 valence electrons. The van der Waals surface area contributed by atoms with Crippen molar-refractivity contribution in [3.05, 3.63) is 164 Å². The van der Waals surface area contributed by atoms with E-state index in [1.807, 2.05) is 24.3 Å². The Morgan fingerprint density at radius 1 is 0.316 bits per heavy atom. The lowest BCUT2D eigenvalue weighted by Crippen LogP contribution is -2.00. The van der Waals surface area contributed by atoms with Crippen LogP contribution in [0.3, 0.4) is 0 Å². The molecule has 5 nitrogen and oxygen atoms in total. The molecule has 12 rings (SSSR count). The first-order valence-corrected chi connectivity index (χ1v) is 21.1.